The van der Waals surface area contributed by atoms with Crippen molar-refractivity contribution in [3.05, 3.63) is 29.6 Å². The van der Waals surface area contributed by atoms with Crippen molar-refractivity contribution in [2.24, 2.45) is 11.3 Å². The zero-order valence-corrected chi connectivity index (χ0v) is 16.4. The van der Waals surface area contributed by atoms with Crippen molar-refractivity contribution in [2.75, 3.05) is 13.1 Å². The Hall–Kier alpha value is -1.38. The quantitative estimate of drug-likeness (QED) is 0.782. The highest BCUT2D eigenvalue weighted by molar-refractivity contribution is 5.73. The molecule has 0 unspecified atom stereocenters. The first-order valence-corrected chi connectivity index (χ1v) is 9.31. The summed E-state index contributed by atoms with van der Waals surface area (Å²) in [6, 6.07) is 4.27. The van der Waals surface area contributed by atoms with Crippen molar-refractivity contribution >= 4 is 5.91 Å². The summed E-state index contributed by atoms with van der Waals surface area (Å²) >= 11 is 0. The minimum atomic E-state index is 0.149. The van der Waals surface area contributed by atoms with Crippen LogP contribution in [0.25, 0.3) is 0 Å². The van der Waals surface area contributed by atoms with E-state index < -0.39 is 0 Å². The van der Waals surface area contributed by atoms with Gasteiger partial charge in [-0.25, -0.2) is 0 Å². The molecule has 3 nitrogen and oxygen atoms in total. The van der Waals surface area contributed by atoms with E-state index in [1.165, 1.54) is 18.4 Å². The van der Waals surface area contributed by atoms with Gasteiger partial charge in [0.15, 0.2) is 0 Å². The predicted molar refractivity (Wildman–Crippen MR) is 100.0 cm³/mol. The van der Waals surface area contributed by atoms with Crippen LogP contribution in [0.15, 0.2) is 18.3 Å². The third-order valence-corrected chi connectivity index (χ3v) is 6.18. The van der Waals surface area contributed by atoms with E-state index >= 15 is 0 Å². The van der Waals surface area contributed by atoms with Gasteiger partial charge in [-0.2, -0.15) is 0 Å². The lowest BCUT2D eigenvalue weighted by Gasteiger charge is -2.42. The maximum atomic E-state index is 11.5. The first-order chi connectivity index (χ1) is 11.1. The lowest BCUT2D eigenvalue weighted by molar-refractivity contribution is -0.130. The molecule has 1 aliphatic heterocycles. The summed E-state index contributed by atoms with van der Waals surface area (Å²) in [6.07, 6.45) is 6.53. The summed E-state index contributed by atoms with van der Waals surface area (Å²) in [5.41, 5.74) is 2.98. The SMILES string of the molecule is CC(=O)N1CCC(C(C)(C)CCC(C)(C)c2cccnc2C)CC1. The van der Waals surface area contributed by atoms with E-state index in [1.807, 2.05) is 17.2 Å². The maximum Gasteiger partial charge on any atom is 0.219 e. The average Bonchev–Trinajstić information content (AvgIpc) is 2.53. The molecule has 24 heavy (non-hydrogen) atoms. The second-order valence-electron chi connectivity index (χ2n) is 8.79. The van der Waals surface area contributed by atoms with Crippen LogP contribution in [0.2, 0.25) is 0 Å². The smallest absolute Gasteiger partial charge is 0.219 e. The summed E-state index contributed by atoms with van der Waals surface area (Å²) in [4.78, 5) is 18.0. The molecule has 1 aromatic rings. The van der Waals surface area contributed by atoms with Crippen LogP contribution in [0.5, 0.6) is 0 Å². The van der Waals surface area contributed by atoms with Gasteiger partial charge in [-0.15, -0.1) is 0 Å². The molecular weight excluding hydrogens is 296 g/mol. The standard InChI is InChI=1S/C21H34N2O/c1-16-19(8-7-13-22-16)21(5,6)12-11-20(3,4)18-9-14-23(15-10-18)17(2)24/h7-8,13,18H,9-12,14-15H2,1-6H3. The molecular formula is C21H34N2O. The summed E-state index contributed by atoms with van der Waals surface area (Å²) < 4.78 is 0. The zero-order valence-electron chi connectivity index (χ0n) is 16.4. The normalized spacial score (nSPS) is 17.2. The number of aromatic nitrogens is 1. The van der Waals surface area contributed by atoms with Crippen molar-refractivity contribution in [1.29, 1.82) is 0 Å². The fourth-order valence-electron chi connectivity index (χ4n) is 4.15. The minimum absolute atomic E-state index is 0.149. The Labute approximate surface area is 147 Å². The van der Waals surface area contributed by atoms with Gasteiger partial charge in [-0.1, -0.05) is 33.8 Å². The Morgan fingerprint density at radius 2 is 1.83 bits per heavy atom. The zero-order chi connectivity index (χ0) is 18.0. The van der Waals surface area contributed by atoms with Gasteiger partial charge in [0.1, 0.15) is 0 Å². The van der Waals surface area contributed by atoms with Crippen molar-refractivity contribution < 1.29 is 4.79 Å². The Morgan fingerprint density at radius 1 is 1.21 bits per heavy atom. The highest BCUT2D eigenvalue weighted by atomic mass is 16.2. The van der Waals surface area contributed by atoms with E-state index in [0.717, 1.165) is 31.6 Å². The largest absolute Gasteiger partial charge is 0.343 e. The molecule has 134 valence electrons. The molecule has 1 amide bonds. The highest BCUT2D eigenvalue weighted by Crippen LogP contribution is 2.42. The molecule has 0 atom stereocenters. The Morgan fingerprint density at radius 3 is 2.38 bits per heavy atom. The fourth-order valence-corrected chi connectivity index (χ4v) is 4.15. The van der Waals surface area contributed by atoms with Crippen molar-refractivity contribution in [2.45, 2.75) is 72.6 Å². The Bertz CT molecular complexity index is 569. The van der Waals surface area contributed by atoms with Crippen LogP contribution >= 0.6 is 0 Å². The number of nitrogens with zero attached hydrogens (tertiary/aromatic N) is 2. The van der Waals surface area contributed by atoms with Gasteiger partial charge in [0.2, 0.25) is 5.91 Å². The maximum absolute atomic E-state index is 11.5. The van der Waals surface area contributed by atoms with Gasteiger partial charge in [-0.3, -0.25) is 9.78 Å². The monoisotopic (exact) mass is 330 g/mol. The van der Waals surface area contributed by atoms with Gasteiger partial charge in [0, 0.05) is 31.9 Å². The molecule has 0 aromatic carbocycles. The van der Waals surface area contributed by atoms with Gasteiger partial charge in [0.25, 0.3) is 0 Å². The first-order valence-electron chi connectivity index (χ1n) is 9.31. The molecule has 1 aromatic heterocycles. The van der Waals surface area contributed by atoms with E-state index in [9.17, 15) is 4.79 Å². The topological polar surface area (TPSA) is 33.2 Å². The molecule has 0 radical (unpaired) electrons. The number of rotatable bonds is 5. The summed E-state index contributed by atoms with van der Waals surface area (Å²) in [6.45, 7) is 15.1. The van der Waals surface area contributed by atoms with Crippen LogP contribution in [0.3, 0.4) is 0 Å². The van der Waals surface area contributed by atoms with E-state index in [1.54, 1.807) is 6.92 Å². The Kier molecular flexibility index (Phi) is 5.72. The van der Waals surface area contributed by atoms with Crippen LogP contribution in [0.1, 0.15) is 71.6 Å². The number of pyridine rings is 1. The van der Waals surface area contributed by atoms with Crippen LogP contribution < -0.4 is 0 Å². The molecule has 1 aliphatic rings. The summed E-state index contributed by atoms with van der Waals surface area (Å²) in [5, 5.41) is 0. The van der Waals surface area contributed by atoms with Gasteiger partial charge in [-0.05, 0) is 61.0 Å². The minimum Gasteiger partial charge on any atom is -0.343 e. The van der Waals surface area contributed by atoms with Gasteiger partial charge in [0.05, 0.1) is 0 Å². The number of amides is 1. The lowest BCUT2D eigenvalue weighted by Crippen LogP contribution is -2.41. The number of hydrogen-bond donors (Lipinski definition) is 0. The molecule has 2 rings (SSSR count). The third kappa shape index (κ3) is 4.37. The summed E-state index contributed by atoms with van der Waals surface area (Å²) in [7, 11) is 0. The fraction of sp³-hybridized carbons (Fsp3) is 0.714. The number of carbonyl (C=O) groups is 1. The van der Waals surface area contributed by atoms with Gasteiger partial charge < -0.3 is 4.90 Å². The molecule has 1 fully saturated rings. The second-order valence-corrected chi connectivity index (χ2v) is 8.79. The van der Waals surface area contributed by atoms with Crippen molar-refractivity contribution in [3.63, 3.8) is 0 Å². The molecule has 0 aliphatic carbocycles. The van der Waals surface area contributed by atoms with Crippen LogP contribution in [0, 0.1) is 18.3 Å². The molecule has 3 heteroatoms. The first kappa shape index (κ1) is 19.0. The van der Waals surface area contributed by atoms with Crippen molar-refractivity contribution in [1.82, 2.24) is 9.88 Å². The summed E-state index contributed by atoms with van der Waals surface area (Å²) in [5.74, 6) is 0.929. The number of hydrogen-bond acceptors (Lipinski definition) is 2. The van der Waals surface area contributed by atoms with Crippen LogP contribution in [-0.2, 0) is 10.2 Å². The van der Waals surface area contributed by atoms with Crippen molar-refractivity contribution in [3.8, 4) is 0 Å². The van der Waals surface area contributed by atoms with Gasteiger partial charge >= 0.3 is 0 Å². The number of carbonyl (C=O) groups excluding carboxylic acids is 1. The van der Waals surface area contributed by atoms with E-state index in [4.69, 9.17) is 0 Å². The highest BCUT2D eigenvalue weighted by Gasteiger charge is 2.35. The number of aryl methyl sites for hydroxylation is 1. The van der Waals surface area contributed by atoms with E-state index in [2.05, 4.69) is 45.7 Å². The van der Waals surface area contributed by atoms with E-state index in [-0.39, 0.29) is 11.3 Å². The molecule has 0 saturated carbocycles. The predicted octanol–water partition coefficient (Wildman–Crippen LogP) is 4.73. The number of likely N-dealkylation sites (tertiary alicyclic amines) is 1. The van der Waals surface area contributed by atoms with Crippen LogP contribution in [0.4, 0.5) is 0 Å². The molecule has 0 spiro atoms. The Balaban J connectivity index is 1.97. The molecule has 0 bridgehead atoms. The molecule has 0 N–H and O–H groups in total. The average molecular weight is 331 g/mol. The van der Waals surface area contributed by atoms with Crippen LogP contribution in [-0.4, -0.2) is 28.9 Å². The molecule has 1 saturated heterocycles. The van der Waals surface area contributed by atoms with E-state index in [0.29, 0.717) is 11.3 Å². The lowest BCUT2D eigenvalue weighted by atomic mass is 9.67. The second kappa shape index (κ2) is 7.25. The number of piperidine rings is 1. The third-order valence-electron chi connectivity index (χ3n) is 6.18. The molecule has 2 heterocycles.